The molecule has 8 nitrogen and oxygen atoms in total. The summed E-state index contributed by atoms with van der Waals surface area (Å²) in [6.07, 6.45) is -2.45. The number of fused-ring (bicyclic) bond motifs is 3. The molecule has 3 heterocycles. The fourth-order valence-electron chi connectivity index (χ4n) is 3.07. The number of nitrogens with two attached hydrogens (primary N) is 1. The number of benzene rings is 1. The van der Waals surface area contributed by atoms with Gasteiger partial charge < -0.3 is 25.8 Å². The Morgan fingerprint density at radius 2 is 2.00 bits per heavy atom. The first-order valence-corrected chi connectivity index (χ1v) is 7.26. The van der Waals surface area contributed by atoms with Crippen LogP contribution in [-0.4, -0.2) is 54.6 Å². The zero-order valence-electron chi connectivity index (χ0n) is 12.1. The van der Waals surface area contributed by atoms with Crippen molar-refractivity contribution in [3.63, 3.8) is 0 Å². The molecule has 3 aromatic rings. The summed E-state index contributed by atoms with van der Waals surface area (Å²) < 4.78 is 7.37. The lowest BCUT2D eigenvalue weighted by Gasteiger charge is -2.15. The van der Waals surface area contributed by atoms with E-state index in [2.05, 4.69) is 9.97 Å². The van der Waals surface area contributed by atoms with Crippen molar-refractivity contribution in [2.24, 2.45) is 0 Å². The molecule has 0 aliphatic carbocycles. The van der Waals surface area contributed by atoms with Gasteiger partial charge in [0, 0.05) is 0 Å². The molecule has 0 spiro atoms. The van der Waals surface area contributed by atoms with Crippen LogP contribution in [-0.2, 0) is 4.74 Å². The van der Waals surface area contributed by atoms with Crippen molar-refractivity contribution in [2.45, 2.75) is 24.4 Å². The molecule has 1 saturated heterocycles. The Balaban J connectivity index is 1.95. The van der Waals surface area contributed by atoms with Gasteiger partial charge >= 0.3 is 0 Å². The van der Waals surface area contributed by atoms with Gasteiger partial charge in [0.25, 0.3) is 0 Å². The molecule has 0 saturated carbocycles. The van der Waals surface area contributed by atoms with Gasteiger partial charge in [0.1, 0.15) is 24.4 Å². The first-order valence-electron chi connectivity index (χ1n) is 7.26. The average Bonchev–Trinajstić information content (AvgIpc) is 3.11. The predicted octanol–water partition coefficient (Wildman–Crippen LogP) is -0.381. The lowest BCUT2D eigenvalue weighted by molar-refractivity contribution is -0.0240. The van der Waals surface area contributed by atoms with Crippen molar-refractivity contribution in [3.8, 4) is 0 Å². The van der Waals surface area contributed by atoms with Gasteiger partial charge in [0.05, 0.1) is 29.5 Å². The fourth-order valence-corrected chi connectivity index (χ4v) is 3.07. The molecule has 1 aromatic carbocycles. The largest absolute Gasteiger partial charge is 0.394 e. The van der Waals surface area contributed by atoms with Crippen molar-refractivity contribution < 1.29 is 20.1 Å². The summed E-state index contributed by atoms with van der Waals surface area (Å²) in [6.45, 7) is -0.379. The zero-order chi connectivity index (χ0) is 16.1. The van der Waals surface area contributed by atoms with Gasteiger partial charge in [-0.15, -0.1) is 0 Å². The first kappa shape index (κ1) is 14.3. The van der Waals surface area contributed by atoms with E-state index in [-0.39, 0.29) is 12.4 Å². The number of imidazole rings is 1. The summed E-state index contributed by atoms with van der Waals surface area (Å²) in [7, 11) is 0. The summed E-state index contributed by atoms with van der Waals surface area (Å²) >= 11 is 0. The van der Waals surface area contributed by atoms with Gasteiger partial charge in [-0.2, -0.15) is 0 Å². The highest BCUT2D eigenvalue weighted by Gasteiger charge is 2.44. The van der Waals surface area contributed by atoms with Crippen LogP contribution < -0.4 is 5.73 Å². The number of nitrogens with zero attached hydrogens (tertiary/aromatic N) is 3. The number of nitrogen functional groups attached to an aromatic ring is 1. The van der Waals surface area contributed by atoms with Crippen LogP contribution in [0.25, 0.3) is 16.7 Å². The maximum Gasteiger partial charge on any atom is 0.180 e. The normalized spacial score (nSPS) is 28.0. The van der Waals surface area contributed by atoms with E-state index in [0.717, 1.165) is 5.52 Å². The molecule has 1 aliphatic rings. The summed E-state index contributed by atoms with van der Waals surface area (Å²) in [5, 5.41) is 29.5. The standard InChI is InChI=1S/C15H16N4O4/c16-14-15-17-5-9(13-12(22)11(21)10(6-20)23-13)19(15)8-4-2-1-3-7(8)18-14/h1-5,10-13,20-22H,6H2,(H2,16,18)/t10-,11-,12-,13?/m1/s1. The fraction of sp³-hybridized carbons (Fsp3) is 0.333. The minimum absolute atomic E-state index is 0.265. The Labute approximate surface area is 130 Å². The second-order valence-electron chi connectivity index (χ2n) is 5.59. The molecule has 120 valence electrons. The maximum absolute atomic E-state index is 10.3. The lowest BCUT2D eigenvalue weighted by Crippen LogP contribution is -2.32. The molecule has 5 N–H and O–H groups in total. The Bertz CT molecular complexity index is 880. The van der Waals surface area contributed by atoms with Crippen LogP contribution in [0.3, 0.4) is 0 Å². The van der Waals surface area contributed by atoms with Gasteiger partial charge in [-0.25, -0.2) is 9.97 Å². The third-order valence-electron chi connectivity index (χ3n) is 4.22. The highest BCUT2D eigenvalue weighted by atomic mass is 16.6. The van der Waals surface area contributed by atoms with Crippen molar-refractivity contribution in [2.75, 3.05) is 12.3 Å². The number of hydrogen-bond acceptors (Lipinski definition) is 7. The van der Waals surface area contributed by atoms with E-state index in [1.807, 2.05) is 24.3 Å². The van der Waals surface area contributed by atoms with Crippen LogP contribution in [0.2, 0.25) is 0 Å². The van der Waals surface area contributed by atoms with E-state index in [1.54, 1.807) is 10.6 Å². The van der Waals surface area contributed by atoms with Gasteiger partial charge in [0.2, 0.25) is 0 Å². The minimum Gasteiger partial charge on any atom is -0.394 e. The lowest BCUT2D eigenvalue weighted by atomic mass is 10.1. The number of rotatable bonds is 2. The van der Waals surface area contributed by atoms with Crippen molar-refractivity contribution in [1.82, 2.24) is 14.4 Å². The molecule has 4 atom stereocenters. The monoisotopic (exact) mass is 316 g/mol. The SMILES string of the molecule is Nc1nc2ccccc2n2c(C3O[C@H](CO)[C@@H](O)[C@H]3O)cnc12. The molecular weight excluding hydrogens is 300 g/mol. The number of hydrogen-bond donors (Lipinski definition) is 4. The smallest absolute Gasteiger partial charge is 0.180 e. The van der Waals surface area contributed by atoms with Crippen LogP contribution in [0.15, 0.2) is 30.5 Å². The molecule has 1 aliphatic heterocycles. The van der Waals surface area contributed by atoms with E-state index in [9.17, 15) is 15.3 Å². The molecule has 0 bridgehead atoms. The van der Waals surface area contributed by atoms with Crippen molar-refractivity contribution in [1.29, 1.82) is 0 Å². The van der Waals surface area contributed by atoms with E-state index < -0.39 is 24.4 Å². The third kappa shape index (κ3) is 2.00. The van der Waals surface area contributed by atoms with Gasteiger partial charge in [0.15, 0.2) is 11.5 Å². The maximum atomic E-state index is 10.3. The average molecular weight is 316 g/mol. The summed E-state index contributed by atoms with van der Waals surface area (Å²) in [4.78, 5) is 8.57. The van der Waals surface area contributed by atoms with E-state index in [4.69, 9.17) is 10.5 Å². The second kappa shape index (κ2) is 5.14. The van der Waals surface area contributed by atoms with Crippen LogP contribution in [0.4, 0.5) is 5.82 Å². The molecule has 1 unspecified atom stereocenters. The molecule has 23 heavy (non-hydrogen) atoms. The zero-order valence-corrected chi connectivity index (χ0v) is 12.1. The number of aromatic nitrogens is 3. The van der Waals surface area contributed by atoms with Crippen LogP contribution in [0.5, 0.6) is 0 Å². The Kier molecular flexibility index (Phi) is 3.20. The number of ether oxygens (including phenoxy) is 1. The first-order chi connectivity index (χ1) is 11.1. The van der Waals surface area contributed by atoms with Crippen molar-refractivity contribution in [3.05, 3.63) is 36.2 Å². The van der Waals surface area contributed by atoms with Crippen LogP contribution in [0.1, 0.15) is 11.8 Å². The number of aliphatic hydroxyl groups is 3. The summed E-state index contributed by atoms with van der Waals surface area (Å²) in [6, 6.07) is 7.40. The molecule has 0 amide bonds. The Morgan fingerprint density at radius 3 is 2.74 bits per heavy atom. The third-order valence-corrected chi connectivity index (χ3v) is 4.22. The molecule has 2 aromatic heterocycles. The van der Waals surface area contributed by atoms with Crippen LogP contribution >= 0.6 is 0 Å². The van der Waals surface area contributed by atoms with Gasteiger partial charge in [-0.05, 0) is 12.1 Å². The number of anilines is 1. The quantitative estimate of drug-likeness (QED) is 0.507. The topological polar surface area (TPSA) is 126 Å². The predicted molar refractivity (Wildman–Crippen MR) is 81.6 cm³/mol. The molecule has 0 radical (unpaired) electrons. The molecule has 4 rings (SSSR count). The molecule has 8 heteroatoms. The molecule has 1 fully saturated rings. The minimum atomic E-state index is -1.17. The Morgan fingerprint density at radius 1 is 1.22 bits per heavy atom. The number of para-hydroxylation sites is 2. The van der Waals surface area contributed by atoms with Gasteiger partial charge in [-0.3, -0.25) is 4.40 Å². The highest BCUT2D eigenvalue weighted by Crippen LogP contribution is 2.35. The van der Waals surface area contributed by atoms with Gasteiger partial charge in [-0.1, -0.05) is 12.1 Å². The highest BCUT2D eigenvalue weighted by molar-refractivity contribution is 5.82. The second-order valence-corrected chi connectivity index (χ2v) is 5.59. The van der Waals surface area contributed by atoms with E-state index in [1.165, 1.54) is 0 Å². The van der Waals surface area contributed by atoms with Crippen LogP contribution in [0, 0.1) is 0 Å². The Hall–Kier alpha value is -2.26. The summed E-state index contributed by atoms with van der Waals surface area (Å²) in [5.74, 6) is 0.265. The molecular formula is C15H16N4O4. The van der Waals surface area contributed by atoms with Crippen molar-refractivity contribution >= 4 is 22.5 Å². The van der Waals surface area contributed by atoms with E-state index in [0.29, 0.717) is 16.9 Å². The van der Waals surface area contributed by atoms with E-state index >= 15 is 0 Å². The number of aliphatic hydroxyl groups excluding tert-OH is 3. The summed E-state index contributed by atoms with van der Waals surface area (Å²) in [5.41, 5.74) is 8.42.